The Kier molecular flexibility index (Phi) is 2.96. The lowest BCUT2D eigenvalue weighted by atomic mass is 10.1. The van der Waals surface area contributed by atoms with Gasteiger partial charge in [0.1, 0.15) is 11.7 Å². The summed E-state index contributed by atoms with van der Waals surface area (Å²) in [5.41, 5.74) is 2.32. The first-order valence-electron chi connectivity index (χ1n) is 5.66. The Morgan fingerprint density at radius 2 is 1.84 bits per heavy atom. The fourth-order valence-electron chi connectivity index (χ4n) is 2.18. The van der Waals surface area contributed by atoms with Gasteiger partial charge in [0.15, 0.2) is 0 Å². The summed E-state index contributed by atoms with van der Waals surface area (Å²) in [6.07, 6.45) is 0. The van der Waals surface area contributed by atoms with E-state index >= 15 is 0 Å². The molecule has 0 amide bonds. The van der Waals surface area contributed by atoms with Gasteiger partial charge in [0.25, 0.3) is 0 Å². The van der Waals surface area contributed by atoms with Crippen LogP contribution in [-0.4, -0.2) is 5.84 Å². The van der Waals surface area contributed by atoms with E-state index in [2.05, 4.69) is 0 Å². The lowest BCUT2D eigenvalue weighted by Crippen LogP contribution is -2.22. The molecule has 2 nitrogen and oxygen atoms in total. The second-order valence-electron chi connectivity index (χ2n) is 4.33. The van der Waals surface area contributed by atoms with Gasteiger partial charge in [-0.05, 0) is 35.9 Å². The van der Waals surface area contributed by atoms with Crippen LogP contribution in [0.5, 0.6) is 0 Å². The minimum atomic E-state index is -0.334. The number of benzene rings is 2. The molecule has 0 radical (unpaired) electrons. The summed E-state index contributed by atoms with van der Waals surface area (Å²) in [5.74, 6) is -0.0626. The molecule has 0 aliphatic carbocycles. The fraction of sp³-hybridized carbons (Fsp3) is 0.0714. The topological polar surface area (TPSA) is 27.1 Å². The first-order valence-corrected chi connectivity index (χ1v) is 6.42. The maximum atomic E-state index is 13.2. The normalized spacial score (nSPS) is 13.8. The Morgan fingerprint density at radius 1 is 1.05 bits per heavy atom. The summed E-state index contributed by atoms with van der Waals surface area (Å²) >= 11 is 11.9. The first kappa shape index (κ1) is 12.5. The predicted octanol–water partition coefficient (Wildman–Crippen LogP) is 4.48. The van der Waals surface area contributed by atoms with Crippen molar-refractivity contribution in [3.8, 4) is 0 Å². The van der Waals surface area contributed by atoms with Crippen molar-refractivity contribution in [2.75, 3.05) is 4.90 Å². The van der Waals surface area contributed by atoms with Gasteiger partial charge in [-0.25, -0.2) is 4.39 Å². The van der Waals surface area contributed by atoms with Crippen LogP contribution in [0.15, 0.2) is 36.4 Å². The lowest BCUT2D eigenvalue weighted by molar-refractivity contribution is 0.627. The van der Waals surface area contributed by atoms with Crippen molar-refractivity contribution >= 4 is 34.7 Å². The third-order valence-electron chi connectivity index (χ3n) is 3.14. The maximum Gasteiger partial charge on any atom is 0.133 e. The lowest BCUT2D eigenvalue weighted by Gasteiger charge is -2.18. The molecular weight excluding hydrogens is 286 g/mol. The van der Waals surface area contributed by atoms with Crippen molar-refractivity contribution in [1.82, 2.24) is 0 Å². The number of nitrogens with zero attached hydrogens (tertiary/aromatic N) is 1. The average molecular weight is 295 g/mol. The number of hydrogen-bond acceptors (Lipinski definition) is 1. The summed E-state index contributed by atoms with van der Waals surface area (Å²) in [6, 6.07) is 9.69. The van der Waals surface area contributed by atoms with Gasteiger partial charge in [-0.15, -0.1) is 0 Å². The molecule has 0 aromatic heterocycles. The van der Waals surface area contributed by atoms with E-state index in [4.69, 9.17) is 28.6 Å². The van der Waals surface area contributed by atoms with E-state index in [1.807, 2.05) is 0 Å². The third kappa shape index (κ3) is 2.09. The third-order valence-corrected chi connectivity index (χ3v) is 3.88. The van der Waals surface area contributed by atoms with E-state index in [0.29, 0.717) is 22.2 Å². The van der Waals surface area contributed by atoms with E-state index < -0.39 is 0 Å². The van der Waals surface area contributed by atoms with Crippen LogP contribution < -0.4 is 4.90 Å². The molecule has 0 atom stereocenters. The Morgan fingerprint density at radius 3 is 2.58 bits per heavy atom. The van der Waals surface area contributed by atoms with E-state index in [-0.39, 0.29) is 11.7 Å². The van der Waals surface area contributed by atoms with Crippen LogP contribution in [0, 0.1) is 11.2 Å². The Balaban J connectivity index is 2.01. The largest absolute Gasteiger partial charge is 0.322 e. The van der Waals surface area contributed by atoms with Crippen LogP contribution in [0.25, 0.3) is 0 Å². The second-order valence-corrected chi connectivity index (χ2v) is 5.15. The number of fused-ring (bicyclic) bond motifs is 1. The molecule has 1 aliphatic heterocycles. The molecule has 96 valence electrons. The molecule has 5 heteroatoms. The molecule has 0 bridgehead atoms. The standard InChI is InChI=1S/C14H9Cl2FN2/c15-12-4-3-10(6-13(12)16)19-7-8-1-2-9(17)5-11(8)14(19)18/h1-6,18H,7H2. The number of nitrogens with one attached hydrogen (secondary N) is 1. The summed E-state index contributed by atoms with van der Waals surface area (Å²) in [6.45, 7) is 0.534. The maximum absolute atomic E-state index is 13.2. The Labute approximate surface area is 119 Å². The van der Waals surface area contributed by atoms with Gasteiger partial charge in [-0.3, -0.25) is 5.41 Å². The summed E-state index contributed by atoms with van der Waals surface area (Å²) < 4.78 is 13.2. The van der Waals surface area contributed by atoms with Gasteiger partial charge < -0.3 is 4.90 Å². The van der Waals surface area contributed by atoms with Gasteiger partial charge in [-0.1, -0.05) is 29.3 Å². The van der Waals surface area contributed by atoms with Crippen LogP contribution in [0.3, 0.4) is 0 Å². The van der Waals surface area contributed by atoms with Crippen LogP contribution >= 0.6 is 23.2 Å². The first-order chi connectivity index (χ1) is 9.06. The molecule has 1 heterocycles. The highest BCUT2D eigenvalue weighted by Gasteiger charge is 2.25. The molecule has 19 heavy (non-hydrogen) atoms. The van der Waals surface area contributed by atoms with Crippen LogP contribution in [0.4, 0.5) is 10.1 Å². The molecule has 3 rings (SSSR count). The molecule has 2 aromatic carbocycles. The molecular formula is C14H9Cl2FN2. The fourth-order valence-corrected chi connectivity index (χ4v) is 2.47. The number of anilines is 1. The molecule has 2 aromatic rings. The van der Waals surface area contributed by atoms with Crippen LogP contribution in [0.1, 0.15) is 11.1 Å². The van der Waals surface area contributed by atoms with Crippen molar-refractivity contribution in [2.24, 2.45) is 0 Å². The number of amidine groups is 1. The van der Waals surface area contributed by atoms with Crippen molar-refractivity contribution in [2.45, 2.75) is 6.54 Å². The quantitative estimate of drug-likeness (QED) is 0.825. The molecule has 0 saturated heterocycles. The van der Waals surface area contributed by atoms with E-state index in [1.165, 1.54) is 12.1 Å². The molecule has 1 N–H and O–H groups in total. The van der Waals surface area contributed by atoms with E-state index in [9.17, 15) is 4.39 Å². The monoisotopic (exact) mass is 294 g/mol. The molecule has 0 saturated carbocycles. The smallest absolute Gasteiger partial charge is 0.133 e. The van der Waals surface area contributed by atoms with Crippen molar-refractivity contribution in [1.29, 1.82) is 5.41 Å². The zero-order valence-electron chi connectivity index (χ0n) is 9.75. The van der Waals surface area contributed by atoms with Gasteiger partial charge in [0, 0.05) is 11.3 Å². The molecule has 0 unspecified atom stereocenters. The zero-order valence-corrected chi connectivity index (χ0v) is 11.3. The molecule has 0 spiro atoms. The summed E-state index contributed by atoms with van der Waals surface area (Å²) in [5, 5.41) is 9.04. The highest BCUT2D eigenvalue weighted by molar-refractivity contribution is 6.42. The number of hydrogen-bond donors (Lipinski definition) is 1. The van der Waals surface area contributed by atoms with Gasteiger partial charge >= 0.3 is 0 Å². The highest BCUT2D eigenvalue weighted by atomic mass is 35.5. The van der Waals surface area contributed by atoms with Crippen LogP contribution in [0.2, 0.25) is 10.0 Å². The second kappa shape index (κ2) is 4.51. The molecule has 1 aliphatic rings. The summed E-state index contributed by atoms with van der Waals surface area (Å²) in [7, 11) is 0. The zero-order chi connectivity index (χ0) is 13.6. The Bertz CT molecular complexity index is 685. The minimum absolute atomic E-state index is 0.271. The van der Waals surface area contributed by atoms with Crippen LogP contribution in [-0.2, 0) is 6.54 Å². The summed E-state index contributed by atoms with van der Waals surface area (Å²) in [4.78, 5) is 1.77. The van der Waals surface area contributed by atoms with Crippen molar-refractivity contribution < 1.29 is 4.39 Å². The predicted molar refractivity (Wildman–Crippen MR) is 75.9 cm³/mol. The highest BCUT2D eigenvalue weighted by Crippen LogP contribution is 2.32. The van der Waals surface area contributed by atoms with Gasteiger partial charge in [-0.2, -0.15) is 0 Å². The van der Waals surface area contributed by atoms with Crippen molar-refractivity contribution in [3.63, 3.8) is 0 Å². The minimum Gasteiger partial charge on any atom is -0.322 e. The number of rotatable bonds is 1. The number of halogens is 3. The van der Waals surface area contributed by atoms with Gasteiger partial charge in [0.05, 0.1) is 16.6 Å². The molecule has 0 fully saturated rings. The van der Waals surface area contributed by atoms with E-state index in [1.54, 1.807) is 29.2 Å². The van der Waals surface area contributed by atoms with Gasteiger partial charge in [0.2, 0.25) is 0 Å². The SMILES string of the molecule is N=C1c2cc(F)ccc2CN1c1ccc(Cl)c(Cl)c1. The van der Waals surface area contributed by atoms with Crippen molar-refractivity contribution in [3.05, 3.63) is 63.4 Å². The van der Waals surface area contributed by atoms with E-state index in [0.717, 1.165) is 11.3 Å². The Hall–Kier alpha value is -1.58. The average Bonchev–Trinajstić information content (AvgIpc) is 2.70.